The minimum atomic E-state index is 0.760. The average Bonchev–Trinajstić information content (AvgIpc) is 2.75. The molecule has 0 amide bonds. The molecule has 100 valence electrons. The van der Waals surface area contributed by atoms with Crippen LogP contribution in [-0.4, -0.2) is 13.1 Å². The molecule has 0 saturated heterocycles. The van der Waals surface area contributed by atoms with Gasteiger partial charge in [-0.2, -0.15) is 0 Å². The quantitative estimate of drug-likeness (QED) is 0.847. The Hall–Kier alpha value is -0.820. The third kappa shape index (κ3) is 2.95. The lowest BCUT2D eigenvalue weighted by Gasteiger charge is -2.20. The molecule has 1 aromatic rings. The summed E-state index contributed by atoms with van der Waals surface area (Å²) in [6, 6.07) is 5.41. The Balaban J connectivity index is 2.02. The Bertz CT molecular complexity index is 385. The fourth-order valence-corrected chi connectivity index (χ4v) is 3.70. The van der Waals surface area contributed by atoms with E-state index in [0.717, 1.165) is 12.0 Å². The van der Waals surface area contributed by atoms with Gasteiger partial charge in [-0.15, -0.1) is 0 Å². The number of rotatable bonds is 4. The molecule has 1 nitrogen and oxygen atoms in total. The van der Waals surface area contributed by atoms with Crippen molar-refractivity contribution in [3.63, 3.8) is 0 Å². The minimum Gasteiger partial charge on any atom is -0.317 e. The fourth-order valence-electron chi connectivity index (χ4n) is 3.70. The highest BCUT2D eigenvalue weighted by molar-refractivity contribution is 5.37. The van der Waals surface area contributed by atoms with Crippen LogP contribution < -0.4 is 5.32 Å². The van der Waals surface area contributed by atoms with Crippen molar-refractivity contribution in [2.24, 2.45) is 5.92 Å². The average molecular weight is 245 g/mol. The van der Waals surface area contributed by atoms with Gasteiger partial charge in [0.15, 0.2) is 0 Å². The second-order valence-corrected chi connectivity index (χ2v) is 6.00. The van der Waals surface area contributed by atoms with Crippen molar-refractivity contribution in [3.8, 4) is 0 Å². The van der Waals surface area contributed by atoms with E-state index in [4.69, 9.17) is 0 Å². The maximum atomic E-state index is 3.49. The molecule has 18 heavy (non-hydrogen) atoms. The van der Waals surface area contributed by atoms with Crippen LogP contribution in [0.15, 0.2) is 12.1 Å². The summed E-state index contributed by atoms with van der Waals surface area (Å²) < 4.78 is 0. The van der Waals surface area contributed by atoms with Gasteiger partial charge in [0, 0.05) is 6.04 Å². The van der Waals surface area contributed by atoms with Gasteiger partial charge in [-0.1, -0.05) is 24.1 Å². The van der Waals surface area contributed by atoms with Gasteiger partial charge in [-0.05, 0) is 76.1 Å². The molecule has 1 aliphatic rings. The van der Waals surface area contributed by atoms with Crippen molar-refractivity contribution in [1.29, 1.82) is 0 Å². The zero-order valence-corrected chi connectivity index (χ0v) is 12.3. The lowest BCUT2D eigenvalue weighted by Crippen LogP contribution is -2.29. The molecule has 0 aromatic heterocycles. The Morgan fingerprint density at radius 1 is 1.11 bits per heavy atom. The van der Waals surface area contributed by atoms with Crippen molar-refractivity contribution in [1.82, 2.24) is 5.32 Å². The van der Waals surface area contributed by atoms with E-state index in [0.29, 0.717) is 0 Å². The first-order chi connectivity index (χ1) is 8.61. The van der Waals surface area contributed by atoms with Crippen LogP contribution in [0.25, 0.3) is 0 Å². The van der Waals surface area contributed by atoms with Crippen LogP contribution in [0, 0.1) is 26.7 Å². The molecule has 0 radical (unpaired) electrons. The van der Waals surface area contributed by atoms with Gasteiger partial charge in [0.1, 0.15) is 0 Å². The van der Waals surface area contributed by atoms with Crippen LogP contribution in [0.3, 0.4) is 0 Å². The highest BCUT2D eigenvalue weighted by Gasteiger charge is 2.25. The van der Waals surface area contributed by atoms with E-state index in [1.807, 2.05) is 0 Å². The first-order valence-corrected chi connectivity index (χ1v) is 7.36. The highest BCUT2D eigenvalue weighted by Crippen LogP contribution is 2.30. The normalized spacial score (nSPS) is 23.6. The van der Waals surface area contributed by atoms with E-state index in [9.17, 15) is 0 Å². The summed E-state index contributed by atoms with van der Waals surface area (Å²) in [4.78, 5) is 0. The second kappa shape index (κ2) is 5.88. The zero-order valence-electron chi connectivity index (χ0n) is 12.3. The maximum Gasteiger partial charge on any atom is 0.00924 e. The van der Waals surface area contributed by atoms with Crippen LogP contribution >= 0.6 is 0 Å². The Morgan fingerprint density at radius 3 is 2.39 bits per heavy atom. The van der Waals surface area contributed by atoms with Gasteiger partial charge >= 0.3 is 0 Å². The third-order valence-electron chi connectivity index (χ3n) is 4.64. The van der Waals surface area contributed by atoms with Crippen LogP contribution in [0.2, 0.25) is 0 Å². The monoisotopic (exact) mass is 245 g/mol. The molecule has 0 heterocycles. The lowest BCUT2D eigenvalue weighted by atomic mass is 9.90. The van der Waals surface area contributed by atoms with Crippen molar-refractivity contribution < 1.29 is 0 Å². The van der Waals surface area contributed by atoms with Crippen molar-refractivity contribution in [2.45, 2.75) is 58.9 Å². The van der Waals surface area contributed by atoms with Gasteiger partial charge < -0.3 is 5.32 Å². The van der Waals surface area contributed by atoms with Gasteiger partial charge in [-0.25, -0.2) is 0 Å². The number of nitrogens with one attached hydrogen (secondary N) is 1. The van der Waals surface area contributed by atoms with Crippen molar-refractivity contribution in [2.75, 3.05) is 7.05 Å². The van der Waals surface area contributed by atoms with Crippen LogP contribution in [-0.2, 0) is 6.42 Å². The van der Waals surface area contributed by atoms with Gasteiger partial charge in [0.05, 0.1) is 0 Å². The minimum absolute atomic E-state index is 0.760. The van der Waals surface area contributed by atoms with E-state index in [1.54, 1.807) is 5.56 Å². The number of hydrogen-bond acceptors (Lipinski definition) is 1. The molecule has 1 heteroatoms. The van der Waals surface area contributed by atoms with E-state index in [1.165, 1.54) is 48.8 Å². The van der Waals surface area contributed by atoms with Crippen LogP contribution in [0.5, 0.6) is 0 Å². The number of aryl methyl sites for hydroxylation is 3. The summed E-state index contributed by atoms with van der Waals surface area (Å²) in [5.41, 5.74) is 5.93. The highest BCUT2D eigenvalue weighted by atomic mass is 14.9. The maximum absolute atomic E-state index is 3.49. The molecule has 1 saturated carbocycles. The molecular formula is C17H27N. The molecule has 2 rings (SSSR count). The van der Waals surface area contributed by atoms with Crippen molar-refractivity contribution >= 4 is 0 Å². The molecule has 1 N–H and O–H groups in total. The molecule has 0 bridgehead atoms. The Morgan fingerprint density at radius 2 is 1.78 bits per heavy atom. The summed E-state index contributed by atoms with van der Waals surface area (Å²) in [7, 11) is 2.12. The summed E-state index contributed by atoms with van der Waals surface area (Å²) in [5, 5.41) is 3.49. The summed E-state index contributed by atoms with van der Waals surface area (Å²) in [6.07, 6.45) is 6.78. The molecular weight excluding hydrogens is 218 g/mol. The van der Waals surface area contributed by atoms with Crippen LogP contribution in [0.4, 0.5) is 0 Å². The van der Waals surface area contributed by atoms with Crippen LogP contribution in [0.1, 0.15) is 47.9 Å². The Kier molecular flexibility index (Phi) is 4.45. The molecule has 0 aliphatic heterocycles. The molecule has 1 aromatic carbocycles. The predicted octanol–water partition coefficient (Wildman–Crippen LogP) is 3.93. The van der Waals surface area contributed by atoms with E-state index >= 15 is 0 Å². The number of hydrogen-bond donors (Lipinski definition) is 1. The van der Waals surface area contributed by atoms with E-state index < -0.39 is 0 Å². The SMILES string of the molecule is CNC1CCCC1CCc1c(C)cc(C)cc1C. The molecule has 0 spiro atoms. The molecule has 2 unspecified atom stereocenters. The first kappa shape index (κ1) is 13.6. The summed E-state index contributed by atoms with van der Waals surface area (Å²) in [5.74, 6) is 0.884. The second-order valence-electron chi connectivity index (χ2n) is 6.00. The van der Waals surface area contributed by atoms with E-state index in [-0.39, 0.29) is 0 Å². The van der Waals surface area contributed by atoms with Gasteiger partial charge in [0.2, 0.25) is 0 Å². The van der Waals surface area contributed by atoms with Gasteiger partial charge in [0.25, 0.3) is 0 Å². The molecule has 2 atom stereocenters. The first-order valence-electron chi connectivity index (χ1n) is 7.36. The Labute approximate surface area is 112 Å². The standard InChI is InChI=1S/C17H27N/c1-12-10-13(2)16(14(3)11-12)9-8-15-6-5-7-17(15)18-4/h10-11,15,17-18H,5-9H2,1-4H3. The fraction of sp³-hybridized carbons (Fsp3) is 0.647. The smallest absolute Gasteiger partial charge is 0.00924 e. The lowest BCUT2D eigenvalue weighted by molar-refractivity contribution is 0.400. The van der Waals surface area contributed by atoms with E-state index in [2.05, 4.69) is 45.3 Å². The van der Waals surface area contributed by atoms with Crippen molar-refractivity contribution in [3.05, 3.63) is 34.4 Å². The predicted molar refractivity (Wildman–Crippen MR) is 79.2 cm³/mol. The summed E-state index contributed by atoms with van der Waals surface area (Å²) in [6.45, 7) is 6.72. The third-order valence-corrected chi connectivity index (χ3v) is 4.64. The molecule has 1 aliphatic carbocycles. The largest absolute Gasteiger partial charge is 0.317 e. The number of benzene rings is 1. The topological polar surface area (TPSA) is 12.0 Å². The zero-order chi connectivity index (χ0) is 13.1. The van der Waals surface area contributed by atoms with Gasteiger partial charge in [-0.3, -0.25) is 0 Å². The summed E-state index contributed by atoms with van der Waals surface area (Å²) >= 11 is 0. The molecule has 1 fully saturated rings.